The van der Waals surface area contributed by atoms with Crippen molar-refractivity contribution in [3.63, 3.8) is 0 Å². The van der Waals surface area contributed by atoms with Gasteiger partial charge in [0.2, 0.25) is 0 Å². The fraction of sp³-hybridized carbons (Fsp3) is 0.389. The third-order valence-electron chi connectivity index (χ3n) is 4.19. The minimum absolute atomic E-state index is 0.0316. The van der Waals surface area contributed by atoms with Gasteiger partial charge in [-0.3, -0.25) is 4.79 Å². The first kappa shape index (κ1) is 17.3. The van der Waals surface area contributed by atoms with E-state index in [0.29, 0.717) is 6.54 Å². The van der Waals surface area contributed by atoms with Gasteiger partial charge in [-0.05, 0) is 49.2 Å². The third-order valence-corrected chi connectivity index (χ3v) is 5.42. The van der Waals surface area contributed by atoms with Crippen LogP contribution in [0.1, 0.15) is 17.7 Å². The Bertz CT molecular complexity index is 680. The van der Waals surface area contributed by atoms with Crippen molar-refractivity contribution >= 4 is 40.2 Å². The lowest BCUT2D eigenvalue weighted by Crippen LogP contribution is -3.08. The molecule has 1 aliphatic rings. The van der Waals surface area contributed by atoms with Gasteiger partial charge in [-0.1, -0.05) is 11.6 Å². The SMILES string of the molecule is C[NH+](CC(=O)Nc1ccc(N2CCCC2)cc1)Cc1ccc(Cl)s1. The van der Waals surface area contributed by atoms with E-state index in [1.807, 2.05) is 31.3 Å². The van der Waals surface area contributed by atoms with Gasteiger partial charge in [-0.25, -0.2) is 0 Å². The van der Waals surface area contributed by atoms with E-state index in [1.165, 1.54) is 23.4 Å². The summed E-state index contributed by atoms with van der Waals surface area (Å²) < 4.78 is 0.792. The van der Waals surface area contributed by atoms with Crippen LogP contribution < -0.4 is 15.1 Å². The number of benzene rings is 1. The maximum Gasteiger partial charge on any atom is 0.279 e. The topological polar surface area (TPSA) is 36.8 Å². The lowest BCUT2D eigenvalue weighted by atomic mass is 10.2. The van der Waals surface area contributed by atoms with Gasteiger partial charge in [-0.2, -0.15) is 0 Å². The van der Waals surface area contributed by atoms with Gasteiger partial charge in [0, 0.05) is 24.5 Å². The second kappa shape index (κ2) is 8.01. The molecule has 4 nitrogen and oxygen atoms in total. The molecule has 1 amide bonds. The summed E-state index contributed by atoms with van der Waals surface area (Å²) in [4.78, 5) is 16.9. The van der Waals surface area contributed by atoms with E-state index in [4.69, 9.17) is 11.6 Å². The first-order chi connectivity index (χ1) is 11.6. The number of nitrogens with zero attached hydrogens (tertiary/aromatic N) is 1. The fourth-order valence-electron chi connectivity index (χ4n) is 3.02. The molecule has 1 aromatic heterocycles. The molecule has 0 saturated carbocycles. The highest BCUT2D eigenvalue weighted by Gasteiger charge is 2.14. The molecular formula is C18H23ClN3OS+. The molecule has 0 aliphatic carbocycles. The van der Waals surface area contributed by atoms with Gasteiger partial charge in [0.1, 0.15) is 6.54 Å². The summed E-state index contributed by atoms with van der Waals surface area (Å²) in [5.74, 6) is 0.0316. The standard InChI is InChI=1S/C18H22ClN3OS/c1-21(12-16-8-9-17(19)24-16)13-18(23)20-14-4-6-15(7-5-14)22-10-2-3-11-22/h4-9H,2-3,10-13H2,1H3,(H,20,23)/p+1. The Kier molecular flexibility index (Phi) is 5.76. The third kappa shape index (κ3) is 4.72. The second-order valence-corrected chi connectivity index (χ2v) is 8.11. The van der Waals surface area contributed by atoms with Crippen LogP contribution in [0.15, 0.2) is 36.4 Å². The first-order valence-corrected chi connectivity index (χ1v) is 9.50. The molecule has 1 unspecified atom stereocenters. The summed E-state index contributed by atoms with van der Waals surface area (Å²) in [5.41, 5.74) is 2.10. The monoisotopic (exact) mass is 364 g/mol. The molecular weight excluding hydrogens is 342 g/mol. The molecule has 2 aromatic rings. The van der Waals surface area contributed by atoms with Crippen LogP contribution in [0.5, 0.6) is 0 Å². The molecule has 2 N–H and O–H groups in total. The highest BCUT2D eigenvalue weighted by molar-refractivity contribution is 7.16. The van der Waals surface area contributed by atoms with Crippen LogP contribution in [0.3, 0.4) is 0 Å². The summed E-state index contributed by atoms with van der Waals surface area (Å²) >= 11 is 7.51. The normalized spacial score (nSPS) is 15.5. The average molecular weight is 365 g/mol. The zero-order valence-corrected chi connectivity index (χ0v) is 15.4. The van der Waals surface area contributed by atoms with Gasteiger partial charge in [0.05, 0.1) is 16.3 Å². The Balaban J connectivity index is 1.48. The lowest BCUT2D eigenvalue weighted by Gasteiger charge is -2.18. The maximum atomic E-state index is 12.2. The van der Waals surface area contributed by atoms with Gasteiger partial charge in [-0.15, -0.1) is 11.3 Å². The van der Waals surface area contributed by atoms with Crippen molar-refractivity contribution in [1.82, 2.24) is 0 Å². The maximum absolute atomic E-state index is 12.2. The number of carbonyl (C=O) groups excluding carboxylic acids is 1. The van der Waals surface area contributed by atoms with Crippen LogP contribution in [0, 0.1) is 0 Å². The molecule has 1 atom stereocenters. The Morgan fingerprint density at radius 1 is 1.21 bits per heavy atom. The molecule has 0 radical (unpaired) electrons. The van der Waals surface area contributed by atoms with Crippen LogP contribution in [-0.2, 0) is 11.3 Å². The van der Waals surface area contributed by atoms with E-state index in [-0.39, 0.29) is 5.91 Å². The van der Waals surface area contributed by atoms with Crippen LogP contribution in [-0.4, -0.2) is 32.6 Å². The van der Waals surface area contributed by atoms with Crippen LogP contribution in [0.4, 0.5) is 11.4 Å². The Morgan fingerprint density at radius 3 is 2.54 bits per heavy atom. The molecule has 2 heterocycles. The minimum atomic E-state index is 0.0316. The molecule has 6 heteroatoms. The molecule has 24 heavy (non-hydrogen) atoms. The number of rotatable bonds is 6. The van der Waals surface area contributed by atoms with Gasteiger partial charge in [0.15, 0.2) is 6.54 Å². The number of thiophene rings is 1. The number of amides is 1. The van der Waals surface area contributed by atoms with E-state index < -0.39 is 0 Å². The van der Waals surface area contributed by atoms with Crippen molar-refractivity contribution in [3.05, 3.63) is 45.6 Å². The van der Waals surface area contributed by atoms with Crippen molar-refractivity contribution in [1.29, 1.82) is 0 Å². The van der Waals surface area contributed by atoms with Crippen molar-refractivity contribution in [2.45, 2.75) is 19.4 Å². The molecule has 1 saturated heterocycles. The number of nitrogens with one attached hydrogen (secondary N) is 2. The van der Waals surface area contributed by atoms with Crippen LogP contribution >= 0.6 is 22.9 Å². The van der Waals surface area contributed by atoms with E-state index in [1.54, 1.807) is 11.3 Å². The molecule has 1 fully saturated rings. The molecule has 128 valence electrons. The lowest BCUT2D eigenvalue weighted by molar-refractivity contribution is -0.884. The van der Waals surface area contributed by atoms with Crippen molar-refractivity contribution < 1.29 is 9.69 Å². The first-order valence-electron chi connectivity index (χ1n) is 8.30. The van der Waals surface area contributed by atoms with E-state index in [0.717, 1.165) is 34.6 Å². The summed E-state index contributed by atoms with van der Waals surface area (Å²) in [6.45, 7) is 3.50. The molecule has 0 bridgehead atoms. The molecule has 1 aliphatic heterocycles. The predicted molar refractivity (Wildman–Crippen MR) is 101 cm³/mol. The summed E-state index contributed by atoms with van der Waals surface area (Å²) in [7, 11) is 2.02. The molecule has 3 rings (SSSR count). The highest BCUT2D eigenvalue weighted by atomic mass is 35.5. The van der Waals surface area contributed by atoms with E-state index >= 15 is 0 Å². The number of halogens is 1. The summed E-state index contributed by atoms with van der Waals surface area (Å²) in [6, 6.07) is 12.1. The zero-order chi connectivity index (χ0) is 16.9. The predicted octanol–water partition coefficient (Wildman–Crippen LogP) is 2.66. The number of hydrogen-bond donors (Lipinski definition) is 2. The highest BCUT2D eigenvalue weighted by Crippen LogP contribution is 2.22. The number of anilines is 2. The van der Waals surface area contributed by atoms with Crippen molar-refractivity contribution in [2.75, 3.05) is 36.9 Å². The number of quaternary nitrogens is 1. The number of carbonyl (C=O) groups is 1. The van der Waals surface area contributed by atoms with E-state index in [9.17, 15) is 4.79 Å². The minimum Gasteiger partial charge on any atom is -0.372 e. The fourth-order valence-corrected chi connectivity index (χ4v) is 4.22. The van der Waals surface area contributed by atoms with Gasteiger partial charge >= 0.3 is 0 Å². The quantitative estimate of drug-likeness (QED) is 0.826. The number of likely N-dealkylation sites (N-methyl/N-ethyl adjacent to an activating group) is 1. The Labute approximate surface area is 152 Å². The van der Waals surface area contributed by atoms with Crippen LogP contribution in [0.2, 0.25) is 4.34 Å². The van der Waals surface area contributed by atoms with Gasteiger partial charge in [0.25, 0.3) is 5.91 Å². The largest absolute Gasteiger partial charge is 0.372 e. The molecule has 0 spiro atoms. The van der Waals surface area contributed by atoms with Crippen molar-refractivity contribution in [2.24, 2.45) is 0 Å². The Morgan fingerprint density at radius 2 is 1.92 bits per heavy atom. The van der Waals surface area contributed by atoms with Crippen molar-refractivity contribution in [3.8, 4) is 0 Å². The van der Waals surface area contributed by atoms with Crippen LogP contribution in [0.25, 0.3) is 0 Å². The average Bonchev–Trinajstić information content (AvgIpc) is 3.20. The zero-order valence-electron chi connectivity index (χ0n) is 13.8. The second-order valence-electron chi connectivity index (χ2n) is 6.31. The smallest absolute Gasteiger partial charge is 0.279 e. The molecule has 1 aromatic carbocycles. The summed E-state index contributed by atoms with van der Waals surface area (Å²) in [6.07, 6.45) is 2.53. The summed E-state index contributed by atoms with van der Waals surface area (Å²) in [5, 5.41) is 2.98. The Hall–Kier alpha value is -1.56. The van der Waals surface area contributed by atoms with E-state index in [2.05, 4.69) is 22.3 Å². The number of hydrogen-bond acceptors (Lipinski definition) is 3. The van der Waals surface area contributed by atoms with Gasteiger partial charge < -0.3 is 15.1 Å².